The molecule has 1 amide bonds. The number of benzene rings is 1. The summed E-state index contributed by atoms with van der Waals surface area (Å²) < 4.78 is 5.54. The lowest BCUT2D eigenvalue weighted by molar-refractivity contribution is 0.0953. The fourth-order valence-corrected chi connectivity index (χ4v) is 2.22. The van der Waals surface area contributed by atoms with Gasteiger partial charge in [0, 0.05) is 23.7 Å². The zero-order valence-corrected chi connectivity index (χ0v) is 12.3. The fourth-order valence-electron chi connectivity index (χ4n) is 1.71. The van der Waals surface area contributed by atoms with Gasteiger partial charge in [0.1, 0.15) is 5.75 Å². The van der Waals surface area contributed by atoms with Crippen LogP contribution >= 0.6 is 11.3 Å². The van der Waals surface area contributed by atoms with Gasteiger partial charge in [-0.15, -0.1) is 0 Å². The second-order valence-electron chi connectivity index (χ2n) is 4.39. The van der Waals surface area contributed by atoms with E-state index in [2.05, 4.69) is 17.2 Å². The quantitative estimate of drug-likeness (QED) is 0.788. The average Bonchev–Trinajstić information content (AvgIpc) is 2.97. The first-order chi connectivity index (χ1) is 9.79. The molecule has 2 aromatic rings. The van der Waals surface area contributed by atoms with Crippen LogP contribution in [0.25, 0.3) is 0 Å². The third-order valence-corrected chi connectivity index (χ3v) is 3.45. The first-order valence-electron chi connectivity index (χ1n) is 6.75. The number of nitrogens with one attached hydrogen (secondary N) is 1. The number of nitrogens with zero attached hydrogens (tertiary/aromatic N) is 1. The highest BCUT2D eigenvalue weighted by Crippen LogP contribution is 2.23. The highest BCUT2D eigenvalue weighted by molar-refractivity contribution is 7.11. The Morgan fingerprint density at radius 1 is 1.30 bits per heavy atom. The van der Waals surface area contributed by atoms with Gasteiger partial charge in [-0.05, 0) is 30.7 Å². The van der Waals surface area contributed by atoms with E-state index in [0.717, 1.165) is 25.8 Å². The summed E-state index contributed by atoms with van der Waals surface area (Å²) in [6.07, 6.45) is 5.01. The fraction of sp³-hybridized carbons (Fsp3) is 0.333. The van der Waals surface area contributed by atoms with Crippen LogP contribution in [0.15, 0.2) is 35.8 Å². The number of unbranched alkanes of at least 4 members (excludes halogenated alkanes) is 2. The molecule has 0 fully saturated rings. The standard InChI is InChI=1S/C15H18N2O2S/c1-2-3-4-9-16-14(18)12-5-7-13(8-6-12)19-15-17-10-11-20-15/h5-8,10-11H,2-4,9H2,1H3,(H,16,18). The number of aromatic nitrogens is 1. The van der Waals surface area contributed by atoms with Crippen molar-refractivity contribution in [1.82, 2.24) is 10.3 Å². The van der Waals surface area contributed by atoms with Crippen LogP contribution in [-0.2, 0) is 0 Å². The van der Waals surface area contributed by atoms with E-state index in [1.54, 1.807) is 30.5 Å². The van der Waals surface area contributed by atoms with E-state index in [1.165, 1.54) is 11.3 Å². The number of hydrogen-bond acceptors (Lipinski definition) is 4. The van der Waals surface area contributed by atoms with Crippen molar-refractivity contribution in [3.63, 3.8) is 0 Å². The summed E-state index contributed by atoms with van der Waals surface area (Å²) in [5.41, 5.74) is 0.646. The predicted molar refractivity (Wildman–Crippen MR) is 80.5 cm³/mol. The van der Waals surface area contributed by atoms with Crippen LogP contribution in [0.2, 0.25) is 0 Å². The van der Waals surface area contributed by atoms with Gasteiger partial charge in [0.25, 0.3) is 11.1 Å². The summed E-state index contributed by atoms with van der Waals surface area (Å²) in [6, 6.07) is 7.08. The lowest BCUT2D eigenvalue weighted by Gasteiger charge is -2.06. The number of ether oxygens (including phenoxy) is 1. The number of amides is 1. The molecular formula is C15H18N2O2S. The van der Waals surface area contributed by atoms with E-state index in [9.17, 15) is 4.79 Å². The van der Waals surface area contributed by atoms with E-state index in [0.29, 0.717) is 16.5 Å². The molecule has 0 spiro atoms. The molecule has 1 aromatic carbocycles. The van der Waals surface area contributed by atoms with Crippen molar-refractivity contribution >= 4 is 17.2 Å². The minimum Gasteiger partial charge on any atom is -0.431 e. The van der Waals surface area contributed by atoms with Gasteiger partial charge in [0.05, 0.1) is 0 Å². The van der Waals surface area contributed by atoms with E-state index >= 15 is 0 Å². The first-order valence-corrected chi connectivity index (χ1v) is 7.63. The Bertz CT molecular complexity index is 523. The number of carbonyl (C=O) groups excluding carboxylic acids is 1. The number of rotatable bonds is 7. The molecule has 0 radical (unpaired) electrons. The lowest BCUT2D eigenvalue weighted by Crippen LogP contribution is -2.24. The van der Waals surface area contributed by atoms with Gasteiger partial charge < -0.3 is 10.1 Å². The summed E-state index contributed by atoms with van der Waals surface area (Å²) in [5, 5.41) is 5.36. The van der Waals surface area contributed by atoms with Gasteiger partial charge in [-0.1, -0.05) is 31.1 Å². The van der Waals surface area contributed by atoms with Gasteiger partial charge >= 0.3 is 0 Å². The Morgan fingerprint density at radius 3 is 2.75 bits per heavy atom. The minimum atomic E-state index is -0.0399. The highest BCUT2D eigenvalue weighted by atomic mass is 32.1. The van der Waals surface area contributed by atoms with Gasteiger partial charge in [0.2, 0.25) is 0 Å². The first kappa shape index (κ1) is 14.5. The lowest BCUT2D eigenvalue weighted by atomic mass is 10.2. The molecule has 0 saturated carbocycles. The minimum absolute atomic E-state index is 0.0399. The second-order valence-corrected chi connectivity index (χ2v) is 5.24. The summed E-state index contributed by atoms with van der Waals surface area (Å²) in [7, 11) is 0. The van der Waals surface area contributed by atoms with E-state index in [4.69, 9.17) is 4.74 Å². The maximum absolute atomic E-state index is 11.9. The monoisotopic (exact) mass is 290 g/mol. The van der Waals surface area contributed by atoms with Crippen LogP contribution in [0.4, 0.5) is 0 Å². The summed E-state index contributed by atoms with van der Waals surface area (Å²) in [4.78, 5) is 15.9. The Hall–Kier alpha value is -1.88. The van der Waals surface area contributed by atoms with E-state index in [1.807, 2.05) is 5.38 Å². The third kappa shape index (κ3) is 4.35. The molecular weight excluding hydrogens is 272 g/mol. The molecule has 0 aliphatic heterocycles. The van der Waals surface area contributed by atoms with Gasteiger partial charge in [-0.2, -0.15) is 0 Å². The smallest absolute Gasteiger partial charge is 0.278 e. The van der Waals surface area contributed by atoms with Gasteiger partial charge in [-0.3, -0.25) is 4.79 Å². The molecule has 0 unspecified atom stereocenters. The SMILES string of the molecule is CCCCCNC(=O)c1ccc(Oc2nccs2)cc1. The Labute approximate surface area is 122 Å². The molecule has 5 heteroatoms. The number of carbonyl (C=O) groups is 1. The Balaban J connectivity index is 1.85. The van der Waals surface area contributed by atoms with Crippen molar-refractivity contribution in [3.8, 4) is 10.9 Å². The number of hydrogen-bond donors (Lipinski definition) is 1. The van der Waals surface area contributed by atoms with Crippen molar-refractivity contribution in [2.45, 2.75) is 26.2 Å². The molecule has 106 valence electrons. The highest BCUT2D eigenvalue weighted by Gasteiger charge is 2.05. The van der Waals surface area contributed by atoms with Crippen molar-refractivity contribution in [2.24, 2.45) is 0 Å². The average molecular weight is 290 g/mol. The molecule has 1 heterocycles. The molecule has 1 aromatic heterocycles. The topological polar surface area (TPSA) is 51.2 Å². The molecule has 20 heavy (non-hydrogen) atoms. The van der Waals surface area contributed by atoms with Crippen molar-refractivity contribution in [3.05, 3.63) is 41.4 Å². The molecule has 1 N–H and O–H groups in total. The van der Waals surface area contributed by atoms with Crippen molar-refractivity contribution < 1.29 is 9.53 Å². The third-order valence-electron chi connectivity index (χ3n) is 2.80. The molecule has 4 nitrogen and oxygen atoms in total. The molecule has 2 rings (SSSR count). The summed E-state index contributed by atoms with van der Waals surface area (Å²) >= 11 is 1.43. The van der Waals surface area contributed by atoms with Crippen molar-refractivity contribution in [2.75, 3.05) is 6.54 Å². The van der Waals surface area contributed by atoms with Crippen molar-refractivity contribution in [1.29, 1.82) is 0 Å². The van der Waals surface area contributed by atoms with Gasteiger partial charge in [-0.25, -0.2) is 4.98 Å². The molecule has 0 saturated heterocycles. The second kappa shape index (κ2) is 7.65. The predicted octanol–water partition coefficient (Wildman–Crippen LogP) is 3.86. The van der Waals surface area contributed by atoms with Crippen LogP contribution in [-0.4, -0.2) is 17.4 Å². The zero-order chi connectivity index (χ0) is 14.2. The largest absolute Gasteiger partial charge is 0.431 e. The van der Waals surface area contributed by atoms with E-state index in [-0.39, 0.29) is 5.91 Å². The van der Waals surface area contributed by atoms with Crippen LogP contribution in [0.5, 0.6) is 10.9 Å². The molecule has 0 aliphatic rings. The Morgan fingerprint density at radius 2 is 2.10 bits per heavy atom. The molecule has 0 atom stereocenters. The zero-order valence-electron chi connectivity index (χ0n) is 11.5. The van der Waals surface area contributed by atoms with Crippen LogP contribution in [0.3, 0.4) is 0 Å². The number of thiazole rings is 1. The van der Waals surface area contributed by atoms with E-state index < -0.39 is 0 Å². The Kier molecular flexibility index (Phi) is 5.55. The normalized spacial score (nSPS) is 10.2. The summed E-state index contributed by atoms with van der Waals surface area (Å²) in [6.45, 7) is 2.87. The van der Waals surface area contributed by atoms with Crippen LogP contribution < -0.4 is 10.1 Å². The molecule has 0 bridgehead atoms. The maximum Gasteiger partial charge on any atom is 0.278 e. The van der Waals surface area contributed by atoms with Crippen LogP contribution in [0, 0.1) is 0 Å². The maximum atomic E-state index is 11.9. The summed E-state index contributed by atoms with van der Waals surface area (Å²) in [5.74, 6) is 0.643. The molecule has 0 aliphatic carbocycles. The van der Waals surface area contributed by atoms with Gasteiger partial charge in [0.15, 0.2) is 0 Å². The van der Waals surface area contributed by atoms with Crippen LogP contribution in [0.1, 0.15) is 36.5 Å².